The minimum absolute atomic E-state index is 0.320. The van der Waals surface area contributed by atoms with Gasteiger partial charge in [-0.05, 0) is 76.3 Å². The van der Waals surface area contributed by atoms with Crippen LogP contribution in [0.3, 0.4) is 0 Å². The highest BCUT2D eigenvalue weighted by Gasteiger charge is 2.25. The Kier molecular flexibility index (Phi) is 4.96. The summed E-state index contributed by atoms with van der Waals surface area (Å²) in [7, 11) is 1.96. The van der Waals surface area contributed by atoms with Crippen LogP contribution in [-0.4, -0.2) is 37.7 Å². The van der Waals surface area contributed by atoms with Gasteiger partial charge in [0, 0.05) is 48.8 Å². The van der Waals surface area contributed by atoms with E-state index in [1.54, 1.807) is 0 Å². The lowest BCUT2D eigenvalue weighted by atomic mass is 9.90. The second-order valence-electron chi connectivity index (χ2n) is 8.11. The van der Waals surface area contributed by atoms with Gasteiger partial charge in [0.15, 0.2) is 0 Å². The van der Waals surface area contributed by atoms with Crippen LogP contribution in [0.4, 0.5) is 0 Å². The first-order chi connectivity index (χ1) is 13.0. The number of fused-ring (bicyclic) bond motifs is 1. The molecule has 0 amide bonds. The number of aromatic nitrogens is 4. The van der Waals surface area contributed by atoms with Gasteiger partial charge in [-0.25, -0.2) is 0 Å². The molecule has 0 bridgehead atoms. The van der Waals surface area contributed by atoms with Crippen LogP contribution in [0.15, 0.2) is 30.6 Å². The standard InChI is InChI=1S/C22H29N5/c1-15-8-19(9-16(2)24-15)10-18-6-5-7-27(13-18)17(3)21-11-22-20(12-23-21)14-26(4)25-22/h8-9,11-12,14,17-18H,5-7,10,13H2,1-4H3. The van der Waals surface area contributed by atoms with Gasteiger partial charge < -0.3 is 0 Å². The predicted molar refractivity (Wildman–Crippen MR) is 109 cm³/mol. The number of likely N-dealkylation sites (tertiary alicyclic amines) is 1. The molecule has 1 aliphatic heterocycles. The highest BCUT2D eigenvalue weighted by Crippen LogP contribution is 2.28. The summed E-state index contributed by atoms with van der Waals surface area (Å²) >= 11 is 0. The molecule has 1 aliphatic rings. The number of nitrogens with zero attached hydrogens (tertiary/aromatic N) is 5. The third kappa shape index (κ3) is 4.03. The van der Waals surface area contributed by atoms with Crippen LogP contribution >= 0.6 is 0 Å². The number of pyridine rings is 2. The van der Waals surface area contributed by atoms with Gasteiger partial charge >= 0.3 is 0 Å². The summed E-state index contributed by atoms with van der Waals surface area (Å²) in [6.07, 6.45) is 7.67. The normalized spacial score (nSPS) is 19.5. The summed E-state index contributed by atoms with van der Waals surface area (Å²) in [5.41, 5.74) is 5.83. The van der Waals surface area contributed by atoms with Crippen molar-refractivity contribution in [1.29, 1.82) is 0 Å². The van der Waals surface area contributed by atoms with Crippen LogP contribution in [0.1, 0.15) is 48.5 Å². The van der Waals surface area contributed by atoms with Gasteiger partial charge in [0.25, 0.3) is 0 Å². The van der Waals surface area contributed by atoms with Gasteiger partial charge in [-0.15, -0.1) is 0 Å². The third-order valence-electron chi connectivity index (χ3n) is 5.72. The van der Waals surface area contributed by atoms with Crippen molar-refractivity contribution >= 4 is 10.9 Å². The zero-order valence-corrected chi connectivity index (χ0v) is 16.8. The van der Waals surface area contributed by atoms with E-state index < -0.39 is 0 Å². The van der Waals surface area contributed by atoms with Gasteiger partial charge in [0.1, 0.15) is 0 Å². The molecule has 0 aliphatic carbocycles. The Morgan fingerprint density at radius 2 is 1.96 bits per heavy atom. The topological polar surface area (TPSA) is 46.8 Å². The van der Waals surface area contributed by atoms with Gasteiger partial charge in [0.2, 0.25) is 0 Å². The Morgan fingerprint density at radius 3 is 2.74 bits per heavy atom. The molecular formula is C22H29N5. The van der Waals surface area contributed by atoms with E-state index in [2.05, 4.69) is 54.0 Å². The Labute approximate surface area is 161 Å². The molecule has 1 fully saturated rings. The number of rotatable bonds is 4. The maximum absolute atomic E-state index is 4.72. The molecule has 2 unspecified atom stereocenters. The Balaban J connectivity index is 1.47. The first-order valence-electron chi connectivity index (χ1n) is 9.95. The molecule has 2 atom stereocenters. The lowest BCUT2D eigenvalue weighted by Gasteiger charge is -2.36. The van der Waals surface area contributed by atoms with E-state index in [-0.39, 0.29) is 0 Å². The van der Waals surface area contributed by atoms with Gasteiger partial charge in [-0.2, -0.15) is 5.10 Å². The zero-order valence-electron chi connectivity index (χ0n) is 16.8. The van der Waals surface area contributed by atoms with Gasteiger partial charge in [-0.3, -0.25) is 19.5 Å². The lowest BCUT2D eigenvalue weighted by molar-refractivity contribution is 0.129. The van der Waals surface area contributed by atoms with Crippen LogP contribution in [0.5, 0.6) is 0 Å². The first-order valence-corrected chi connectivity index (χ1v) is 9.95. The summed E-state index contributed by atoms with van der Waals surface area (Å²) in [4.78, 5) is 11.8. The Hall–Kier alpha value is -2.27. The molecule has 5 heteroatoms. The van der Waals surface area contributed by atoms with Crippen molar-refractivity contribution in [2.24, 2.45) is 13.0 Å². The molecular weight excluding hydrogens is 334 g/mol. The summed E-state index contributed by atoms with van der Waals surface area (Å²) in [6, 6.07) is 6.96. The average Bonchev–Trinajstić information content (AvgIpc) is 2.99. The SMILES string of the molecule is Cc1cc(CC2CCCN(C(C)c3cc4nn(C)cc4cn3)C2)cc(C)n1. The van der Waals surface area contributed by atoms with Crippen molar-refractivity contribution in [1.82, 2.24) is 24.6 Å². The van der Waals surface area contributed by atoms with Crippen molar-refractivity contribution in [2.75, 3.05) is 13.1 Å². The highest BCUT2D eigenvalue weighted by atomic mass is 15.2. The second kappa shape index (κ2) is 7.39. The fraction of sp³-hybridized carbons (Fsp3) is 0.500. The molecule has 4 rings (SSSR count). The molecule has 3 aromatic rings. The largest absolute Gasteiger partial charge is 0.295 e. The Bertz CT molecular complexity index is 925. The van der Waals surface area contributed by atoms with E-state index in [4.69, 9.17) is 4.98 Å². The van der Waals surface area contributed by atoms with Crippen molar-refractivity contribution < 1.29 is 0 Å². The minimum atomic E-state index is 0.320. The van der Waals surface area contributed by atoms with Crippen molar-refractivity contribution in [2.45, 2.75) is 46.1 Å². The van der Waals surface area contributed by atoms with Crippen molar-refractivity contribution in [3.8, 4) is 0 Å². The van der Waals surface area contributed by atoms with Crippen LogP contribution in [-0.2, 0) is 13.5 Å². The highest BCUT2D eigenvalue weighted by molar-refractivity contribution is 5.77. The lowest BCUT2D eigenvalue weighted by Crippen LogP contribution is -2.38. The van der Waals surface area contributed by atoms with Gasteiger partial charge in [-0.1, -0.05) is 0 Å². The molecule has 0 aromatic carbocycles. The Morgan fingerprint density at radius 1 is 1.19 bits per heavy atom. The van der Waals surface area contributed by atoms with Crippen LogP contribution < -0.4 is 0 Å². The average molecular weight is 364 g/mol. The third-order valence-corrected chi connectivity index (χ3v) is 5.72. The van der Waals surface area contributed by atoms with Crippen LogP contribution in [0, 0.1) is 19.8 Å². The van der Waals surface area contributed by atoms with Gasteiger partial charge in [0.05, 0.1) is 11.2 Å². The minimum Gasteiger partial charge on any atom is -0.295 e. The zero-order chi connectivity index (χ0) is 19.0. The number of piperidine rings is 1. The second-order valence-corrected chi connectivity index (χ2v) is 8.11. The van der Waals surface area contributed by atoms with E-state index in [1.807, 2.05) is 24.1 Å². The number of aryl methyl sites for hydroxylation is 3. The van der Waals surface area contributed by atoms with E-state index in [0.29, 0.717) is 12.0 Å². The first kappa shape index (κ1) is 18.1. The predicted octanol–water partition coefficient (Wildman–Crippen LogP) is 4.00. The van der Waals surface area contributed by atoms with E-state index in [9.17, 15) is 0 Å². The number of hydrogen-bond donors (Lipinski definition) is 0. The molecule has 0 radical (unpaired) electrons. The summed E-state index contributed by atoms with van der Waals surface area (Å²) < 4.78 is 1.86. The molecule has 3 aromatic heterocycles. The fourth-order valence-electron chi connectivity index (χ4n) is 4.46. The quantitative estimate of drug-likeness (QED) is 0.703. The molecule has 142 valence electrons. The molecule has 27 heavy (non-hydrogen) atoms. The summed E-state index contributed by atoms with van der Waals surface area (Å²) in [5, 5.41) is 5.65. The monoisotopic (exact) mass is 363 g/mol. The van der Waals surface area contributed by atoms with E-state index >= 15 is 0 Å². The van der Waals surface area contributed by atoms with E-state index in [1.165, 1.54) is 18.4 Å². The van der Waals surface area contributed by atoms with Crippen molar-refractivity contribution in [3.63, 3.8) is 0 Å². The molecule has 0 N–H and O–H groups in total. The maximum Gasteiger partial charge on any atom is 0.0957 e. The summed E-state index contributed by atoms with van der Waals surface area (Å²) in [5.74, 6) is 0.695. The smallest absolute Gasteiger partial charge is 0.0957 e. The molecule has 4 heterocycles. The summed E-state index contributed by atoms with van der Waals surface area (Å²) in [6.45, 7) is 8.73. The number of hydrogen-bond acceptors (Lipinski definition) is 4. The van der Waals surface area contributed by atoms with E-state index in [0.717, 1.165) is 47.5 Å². The molecule has 0 spiro atoms. The van der Waals surface area contributed by atoms with Crippen molar-refractivity contribution in [3.05, 3.63) is 53.2 Å². The molecule has 0 saturated carbocycles. The maximum atomic E-state index is 4.72. The molecule has 5 nitrogen and oxygen atoms in total. The van der Waals surface area contributed by atoms with Crippen LogP contribution in [0.25, 0.3) is 10.9 Å². The van der Waals surface area contributed by atoms with Crippen LogP contribution in [0.2, 0.25) is 0 Å². The fourth-order valence-corrected chi connectivity index (χ4v) is 4.46. The molecule has 1 saturated heterocycles.